The monoisotopic (exact) mass is 382 g/mol. The molecule has 2 aromatic carbocycles. The Kier molecular flexibility index (Phi) is 4.72. The van der Waals surface area contributed by atoms with E-state index in [1.54, 1.807) is 17.8 Å². The number of nitrogens with one attached hydrogen (secondary N) is 1. The van der Waals surface area contributed by atoms with Crippen LogP contribution in [-0.2, 0) is 17.1 Å². The van der Waals surface area contributed by atoms with Gasteiger partial charge in [0.15, 0.2) is 5.03 Å². The number of nitrogens with zero attached hydrogens (tertiary/aromatic N) is 3. The van der Waals surface area contributed by atoms with Crippen molar-refractivity contribution in [3.05, 3.63) is 78.8 Å². The first kappa shape index (κ1) is 17.8. The summed E-state index contributed by atoms with van der Waals surface area (Å²) in [6.45, 7) is 0.820. The summed E-state index contributed by atoms with van der Waals surface area (Å²) in [5, 5.41) is 3.61. The number of anilines is 1. The van der Waals surface area contributed by atoms with Gasteiger partial charge in [0.05, 0.1) is 6.33 Å². The number of rotatable bonds is 5. The molecular weight excluding hydrogens is 360 g/mol. The third kappa shape index (κ3) is 3.61. The normalized spacial score (nSPS) is 20.6. The highest BCUT2D eigenvalue weighted by Crippen LogP contribution is 2.33. The lowest BCUT2D eigenvalue weighted by atomic mass is 9.94. The van der Waals surface area contributed by atoms with Crippen molar-refractivity contribution in [2.75, 3.05) is 18.4 Å². The van der Waals surface area contributed by atoms with Crippen LogP contribution >= 0.6 is 0 Å². The fourth-order valence-electron chi connectivity index (χ4n) is 3.55. The highest BCUT2D eigenvalue weighted by atomic mass is 32.2. The summed E-state index contributed by atoms with van der Waals surface area (Å²) in [4.78, 5) is 4.05. The largest absolute Gasteiger partial charge is 0.380 e. The van der Waals surface area contributed by atoms with Gasteiger partial charge in [-0.2, -0.15) is 4.31 Å². The fourth-order valence-corrected chi connectivity index (χ4v) is 5.01. The zero-order chi connectivity index (χ0) is 18.9. The second-order valence-corrected chi connectivity index (χ2v) is 8.72. The molecule has 1 N–H and O–H groups in total. The van der Waals surface area contributed by atoms with Crippen LogP contribution in [0.2, 0.25) is 0 Å². The van der Waals surface area contributed by atoms with E-state index in [4.69, 9.17) is 0 Å². The van der Waals surface area contributed by atoms with E-state index < -0.39 is 10.0 Å². The van der Waals surface area contributed by atoms with Crippen molar-refractivity contribution in [3.8, 4) is 0 Å². The number of aromatic nitrogens is 2. The lowest BCUT2D eigenvalue weighted by Gasteiger charge is -2.21. The summed E-state index contributed by atoms with van der Waals surface area (Å²) in [5.74, 6) is 0.0601. The van der Waals surface area contributed by atoms with E-state index in [0.29, 0.717) is 13.1 Å². The number of para-hydroxylation sites is 1. The molecule has 1 aliphatic heterocycles. The van der Waals surface area contributed by atoms with Crippen molar-refractivity contribution < 1.29 is 8.42 Å². The van der Waals surface area contributed by atoms with Crippen LogP contribution in [-0.4, -0.2) is 41.4 Å². The Hall–Kier alpha value is -2.64. The summed E-state index contributed by atoms with van der Waals surface area (Å²) in [6.07, 6.45) is 3.06. The van der Waals surface area contributed by atoms with E-state index in [9.17, 15) is 8.42 Å². The molecule has 0 saturated carbocycles. The molecule has 4 rings (SSSR count). The molecule has 1 aromatic heterocycles. The third-order valence-corrected chi connectivity index (χ3v) is 6.64. The van der Waals surface area contributed by atoms with Crippen LogP contribution < -0.4 is 5.32 Å². The molecule has 1 saturated heterocycles. The van der Waals surface area contributed by atoms with Gasteiger partial charge in [0.2, 0.25) is 0 Å². The van der Waals surface area contributed by atoms with Gasteiger partial charge in [0.25, 0.3) is 10.0 Å². The maximum Gasteiger partial charge on any atom is 0.262 e. The molecule has 0 spiro atoms. The van der Waals surface area contributed by atoms with Crippen LogP contribution in [0.4, 0.5) is 5.69 Å². The van der Waals surface area contributed by atoms with Crippen molar-refractivity contribution in [2.45, 2.75) is 17.0 Å². The molecule has 3 aromatic rings. The fraction of sp³-hybridized carbons (Fsp3) is 0.250. The predicted molar refractivity (Wildman–Crippen MR) is 105 cm³/mol. The minimum Gasteiger partial charge on any atom is -0.380 e. The second-order valence-electron chi connectivity index (χ2n) is 6.83. The Bertz CT molecular complexity index is 1000. The van der Waals surface area contributed by atoms with E-state index >= 15 is 0 Å². The Balaban J connectivity index is 1.64. The van der Waals surface area contributed by atoms with Gasteiger partial charge in [0, 0.05) is 44.0 Å². The number of sulfonamides is 1. The maximum atomic E-state index is 13.0. The Labute approximate surface area is 159 Å². The quantitative estimate of drug-likeness (QED) is 0.737. The molecule has 140 valence electrons. The number of hydrogen-bond acceptors (Lipinski definition) is 4. The number of hydrogen-bond donors (Lipinski definition) is 1. The summed E-state index contributed by atoms with van der Waals surface area (Å²) >= 11 is 0. The van der Waals surface area contributed by atoms with Crippen LogP contribution in [0.25, 0.3) is 0 Å². The van der Waals surface area contributed by atoms with E-state index in [0.717, 1.165) is 11.3 Å². The molecule has 1 fully saturated rings. The zero-order valence-electron chi connectivity index (χ0n) is 15.1. The molecule has 7 heteroatoms. The molecule has 2 atom stereocenters. The minimum absolute atomic E-state index is 0.0201. The van der Waals surface area contributed by atoms with Gasteiger partial charge in [0.1, 0.15) is 0 Å². The average molecular weight is 382 g/mol. The zero-order valence-corrected chi connectivity index (χ0v) is 15.9. The van der Waals surface area contributed by atoms with Crippen molar-refractivity contribution in [3.63, 3.8) is 0 Å². The van der Waals surface area contributed by atoms with E-state index in [1.165, 1.54) is 10.6 Å². The van der Waals surface area contributed by atoms with Crippen molar-refractivity contribution >= 4 is 15.7 Å². The SMILES string of the molecule is Cn1cnc(S(=O)(=O)N2C[C@H](Nc3ccccc3)[C@H](c3ccccc3)C2)c1. The third-order valence-electron chi connectivity index (χ3n) is 4.93. The van der Waals surface area contributed by atoms with Crippen LogP contribution in [0.5, 0.6) is 0 Å². The van der Waals surface area contributed by atoms with E-state index in [1.807, 2.05) is 48.5 Å². The molecule has 6 nitrogen and oxygen atoms in total. The Morgan fingerprint density at radius 3 is 2.30 bits per heavy atom. The van der Waals surface area contributed by atoms with Gasteiger partial charge < -0.3 is 9.88 Å². The molecule has 0 unspecified atom stereocenters. The summed E-state index contributed by atoms with van der Waals surface area (Å²) in [5.41, 5.74) is 2.12. The smallest absolute Gasteiger partial charge is 0.262 e. The lowest BCUT2D eigenvalue weighted by molar-refractivity contribution is 0.468. The molecule has 0 aliphatic carbocycles. The van der Waals surface area contributed by atoms with Crippen LogP contribution in [0.3, 0.4) is 0 Å². The van der Waals surface area contributed by atoms with Gasteiger partial charge in [-0.25, -0.2) is 13.4 Å². The summed E-state index contributed by atoms with van der Waals surface area (Å²) in [7, 11) is -1.86. The van der Waals surface area contributed by atoms with Crippen molar-refractivity contribution in [1.29, 1.82) is 0 Å². The first-order chi connectivity index (χ1) is 13.0. The van der Waals surface area contributed by atoms with Gasteiger partial charge in [-0.05, 0) is 17.7 Å². The average Bonchev–Trinajstić information content (AvgIpc) is 3.31. The highest BCUT2D eigenvalue weighted by Gasteiger charge is 2.40. The maximum absolute atomic E-state index is 13.0. The number of benzene rings is 2. The topological polar surface area (TPSA) is 67.2 Å². The highest BCUT2D eigenvalue weighted by molar-refractivity contribution is 7.89. The molecule has 0 radical (unpaired) electrons. The van der Waals surface area contributed by atoms with Crippen LogP contribution in [0.15, 0.2) is 78.2 Å². The van der Waals surface area contributed by atoms with Gasteiger partial charge >= 0.3 is 0 Å². The van der Waals surface area contributed by atoms with E-state index in [2.05, 4.69) is 22.4 Å². The molecular formula is C20H22N4O2S. The minimum atomic E-state index is -3.62. The van der Waals surface area contributed by atoms with Gasteiger partial charge in [-0.3, -0.25) is 0 Å². The first-order valence-electron chi connectivity index (χ1n) is 8.89. The summed E-state index contributed by atoms with van der Waals surface area (Å²) in [6, 6.07) is 19.9. The van der Waals surface area contributed by atoms with Crippen molar-refractivity contribution in [1.82, 2.24) is 13.9 Å². The number of imidazole rings is 1. The van der Waals surface area contributed by atoms with Crippen molar-refractivity contribution in [2.24, 2.45) is 7.05 Å². The van der Waals surface area contributed by atoms with Gasteiger partial charge in [-0.15, -0.1) is 0 Å². The first-order valence-corrected chi connectivity index (χ1v) is 10.3. The predicted octanol–water partition coefficient (Wildman–Crippen LogP) is 2.69. The summed E-state index contributed by atoms with van der Waals surface area (Å²) < 4.78 is 29.3. The van der Waals surface area contributed by atoms with Crippen LogP contribution in [0.1, 0.15) is 11.5 Å². The number of aryl methyl sites for hydroxylation is 1. The Morgan fingerprint density at radius 1 is 1.00 bits per heavy atom. The standard InChI is InChI=1S/C20H22N4O2S/c1-23-14-20(21-15-23)27(25,26)24-12-18(16-8-4-2-5-9-16)19(13-24)22-17-10-6-3-7-11-17/h2-11,14-15,18-19,22H,12-13H2,1H3/t18-,19-/m0/s1. The molecule has 2 heterocycles. The second kappa shape index (κ2) is 7.17. The molecule has 0 amide bonds. The lowest BCUT2D eigenvalue weighted by Crippen LogP contribution is -2.32. The van der Waals surface area contributed by atoms with E-state index in [-0.39, 0.29) is 17.0 Å². The Morgan fingerprint density at radius 2 is 1.67 bits per heavy atom. The van der Waals surface area contributed by atoms with Crippen LogP contribution in [0, 0.1) is 0 Å². The molecule has 1 aliphatic rings. The molecule has 27 heavy (non-hydrogen) atoms. The van der Waals surface area contributed by atoms with Gasteiger partial charge in [-0.1, -0.05) is 48.5 Å². The molecule has 0 bridgehead atoms.